The zero-order valence-corrected chi connectivity index (χ0v) is 16.0. The molecular formula is C23H28O3. The first-order valence-corrected chi connectivity index (χ1v) is 9.06. The van der Waals surface area contributed by atoms with Crippen molar-refractivity contribution in [1.82, 2.24) is 0 Å². The molecule has 138 valence electrons. The lowest BCUT2D eigenvalue weighted by Gasteiger charge is -2.25. The van der Waals surface area contributed by atoms with E-state index in [0.717, 1.165) is 29.6 Å². The van der Waals surface area contributed by atoms with E-state index in [1.807, 2.05) is 42.5 Å². The second-order valence-electron chi connectivity index (χ2n) is 6.91. The SMILES string of the molecule is C=CCc1cc(C(C)(C)CC)cc(C=O)c1OCCOc1ccccc1. The minimum atomic E-state index is 0.00261. The predicted molar refractivity (Wildman–Crippen MR) is 106 cm³/mol. The van der Waals surface area contributed by atoms with Crippen LogP contribution in [0.2, 0.25) is 0 Å². The van der Waals surface area contributed by atoms with Crippen LogP contribution in [0.5, 0.6) is 11.5 Å². The van der Waals surface area contributed by atoms with Gasteiger partial charge in [-0.25, -0.2) is 0 Å². The quantitative estimate of drug-likeness (QED) is 0.327. The Balaban J connectivity index is 2.17. The molecule has 0 saturated heterocycles. The van der Waals surface area contributed by atoms with Crippen LogP contribution >= 0.6 is 0 Å². The Morgan fingerprint density at radius 3 is 2.38 bits per heavy atom. The highest BCUT2D eigenvalue weighted by Gasteiger charge is 2.22. The summed E-state index contributed by atoms with van der Waals surface area (Å²) in [6, 6.07) is 13.7. The van der Waals surface area contributed by atoms with Crippen LogP contribution in [0.25, 0.3) is 0 Å². The first kappa shape index (κ1) is 19.8. The fraction of sp³-hybridized carbons (Fsp3) is 0.348. The molecule has 0 aliphatic heterocycles. The molecule has 2 aromatic rings. The van der Waals surface area contributed by atoms with Crippen molar-refractivity contribution in [3.05, 3.63) is 71.8 Å². The van der Waals surface area contributed by atoms with Crippen LogP contribution < -0.4 is 9.47 Å². The van der Waals surface area contributed by atoms with Crippen molar-refractivity contribution >= 4 is 6.29 Å². The third-order valence-electron chi connectivity index (χ3n) is 4.69. The second-order valence-corrected chi connectivity index (χ2v) is 6.91. The molecule has 0 heterocycles. The summed E-state index contributed by atoms with van der Waals surface area (Å²) in [5.41, 5.74) is 2.72. The Kier molecular flexibility index (Phi) is 7.02. The average molecular weight is 352 g/mol. The minimum Gasteiger partial charge on any atom is -0.490 e. The van der Waals surface area contributed by atoms with Crippen LogP contribution in [0.3, 0.4) is 0 Å². The Morgan fingerprint density at radius 1 is 1.08 bits per heavy atom. The highest BCUT2D eigenvalue weighted by molar-refractivity contribution is 5.81. The van der Waals surface area contributed by atoms with Crippen LogP contribution in [0.1, 0.15) is 48.7 Å². The normalized spacial score (nSPS) is 11.0. The summed E-state index contributed by atoms with van der Waals surface area (Å²) in [6.07, 6.45) is 4.35. The fourth-order valence-corrected chi connectivity index (χ4v) is 2.70. The third kappa shape index (κ3) is 4.98. The monoisotopic (exact) mass is 352 g/mol. The van der Waals surface area contributed by atoms with E-state index in [-0.39, 0.29) is 5.41 Å². The number of carbonyl (C=O) groups is 1. The van der Waals surface area contributed by atoms with Gasteiger partial charge in [0.25, 0.3) is 0 Å². The summed E-state index contributed by atoms with van der Waals surface area (Å²) >= 11 is 0. The van der Waals surface area contributed by atoms with E-state index in [2.05, 4.69) is 33.4 Å². The molecule has 0 radical (unpaired) electrons. The summed E-state index contributed by atoms with van der Waals surface area (Å²) in [4.78, 5) is 11.7. The molecule has 0 spiro atoms. The van der Waals surface area contributed by atoms with Gasteiger partial charge in [0.2, 0.25) is 0 Å². The lowest BCUT2D eigenvalue weighted by Crippen LogP contribution is -2.17. The largest absolute Gasteiger partial charge is 0.490 e. The van der Waals surface area contributed by atoms with Crippen molar-refractivity contribution in [2.24, 2.45) is 0 Å². The summed E-state index contributed by atoms with van der Waals surface area (Å²) in [7, 11) is 0. The summed E-state index contributed by atoms with van der Waals surface area (Å²) < 4.78 is 11.6. The number of ether oxygens (including phenoxy) is 2. The van der Waals surface area contributed by atoms with Gasteiger partial charge in [0.15, 0.2) is 6.29 Å². The maximum absolute atomic E-state index is 11.7. The van der Waals surface area contributed by atoms with Crippen LogP contribution in [0.15, 0.2) is 55.1 Å². The number of para-hydroxylation sites is 1. The van der Waals surface area contributed by atoms with Gasteiger partial charge in [0.1, 0.15) is 24.7 Å². The van der Waals surface area contributed by atoms with Crippen LogP contribution in [-0.2, 0) is 11.8 Å². The van der Waals surface area contributed by atoms with E-state index in [1.54, 1.807) is 0 Å². The van der Waals surface area contributed by atoms with Gasteiger partial charge in [-0.3, -0.25) is 4.79 Å². The average Bonchev–Trinajstić information content (AvgIpc) is 2.66. The molecule has 0 aromatic heterocycles. The fourth-order valence-electron chi connectivity index (χ4n) is 2.70. The molecule has 0 unspecified atom stereocenters. The standard InChI is InChI=1S/C23H28O3/c1-5-10-18-15-20(23(3,4)6-2)16-19(17-24)22(18)26-14-13-25-21-11-8-7-9-12-21/h5,7-9,11-12,15-17H,1,6,10,13-14H2,2-4H3. The summed E-state index contributed by atoms with van der Waals surface area (Å²) in [6.45, 7) is 11.1. The molecule has 0 fully saturated rings. The molecule has 0 bridgehead atoms. The van der Waals surface area contributed by atoms with Gasteiger partial charge in [-0.2, -0.15) is 0 Å². The van der Waals surface area contributed by atoms with E-state index in [9.17, 15) is 4.79 Å². The zero-order chi connectivity index (χ0) is 19.0. The van der Waals surface area contributed by atoms with Crippen molar-refractivity contribution < 1.29 is 14.3 Å². The van der Waals surface area contributed by atoms with Crippen LogP contribution in [0.4, 0.5) is 0 Å². The molecule has 0 saturated carbocycles. The number of aldehydes is 1. The van der Waals surface area contributed by atoms with E-state index in [4.69, 9.17) is 9.47 Å². The molecule has 2 aromatic carbocycles. The number of carbonyl (C=O) groups excluding carboxylic acids is 1. The van der Waals surface area contributed by atoms with Crippen LogP contribution in [0, 0.1) is 0 Å². The molecule has 0 N–H and O–H groups in total. The lowest BCUT2D eigenvalue weighted by atomic mass is 9.80. The van der Waals surface area contributed by atoms with Gasteiger partial charge >= 0.3 is 0 Å². The van der Waals surface area contributed by atoms with Crippen LogP contribution in [-0.4, -0.2) is 19.5 Å². The molecular weight excluding hydrogens is 324 g/mol. The first-order chi connectivity index (χ1) is 12.5. The van der Waals surface area contributed by atoms with Gasteiger partial charge < -0.3 is 9.47 Å². The molecule has 26 heavy (non-hydrogen) atoms. The summed E-state index contributed by atoms with van der Waals surface area (Å²) in [5, 5.41) is 0. The molecule has 2 rings (SSSR count). The zero-order valence-electron chi connectivity index (χ0n) is 16.0. The second kappa shape index (κ2) is 9.23. The van der Waals surface area contributed by atoms with E-state index in [1.165, 1.54) is 0 Å². The molecule has 0 aliphatic rings. The van der Waals surface area contributed by atoms with Crippen molar-refractivity contribution in [2.75, 3.05) is 13.2 Å². The molecule has 0 aliphatic carbocycles. The smallest absolute Gasteiger partial charge is 0.153 e. The highest BCUT2D eigenvalue weighted by Crippen LogP contribution is 2.33. The topological polar surface area (TPSA) is 35.5 Å². The first-order valence-electron chi connectivity index (χ1n) is 9.06. The number of allylic oxidation sites excluding steroid dienone is 1. The van der Waals surface area contributed by atoms with Gasteiger partial charge in [0.05, 0.1) is 5.56 Å². The number of rotatable bonds is 10. The van der Waals surface area contributed by atoms with E-state index in [0.29, 0.717) is 30.9 Å². The van der Waals surface area contributed by atoms with Gasteiger partial charge in [0, 0.05) is 0 Å². The Hall–Kier alpha value is -2.55. The predicted octanol–water partition coefficient (Wildman–Crippen LogP) is 5.37. The summed E-state index contributed by atoms with van der Waals surface area (Å²) in [5.74, 6) is 1.44. The van der Waals surface area contributed by atoms with Crippen molar-refractivity contribution in [2.45, 2.75) is 39.0 Å². The lowest BCUT2D eigenvalue weighted by molar-refractivity contribution is 0.111. The third-order valence-corrected chi connectivity index (χ3v) is 4.69. The molecule has 0 atom stereocenters. The Morgan fingerprint density at radius 2 is 1.77 bits per heavy atom. The van der Waals surface area contributed by atoms with Crippen molar-refractivity contribution in [3.8, 4) is 11.5 Å². The van der Waals surface area contributed by atoms with Crippen molar-refractivity contribution in [1.29, 1.82) is 0 Å². The Bertz CT molecular complexity index is 733. The minimum absolute atomic E-state index is 0.00261. The molecule has 0 amide bonds. The maximum Gasteiger partial charge on any atom is 0.153 e. The van der Waals surface area contributed by atoms with E-state index < -0.39 is 0 Å². The van der Waals surface area contributed by atoms with Gasteiger partial charge in [-0.15, -0.1) is 6.58 Å². The van der Waals surface area contributed by atoms with E-state index >= 15 is 0 Å². The van der Waals surface area contributed by atoms with Gasteiger partial charge in [-0.1, -0.05) is 51.1 Å². The number of hydrogen-bond acceptors (Lipinski definition) is 3. The van der Waals surface area contributed by atoms with Crippen molar-refractivity contribution in [3.63, 3.8) is 0 Å². The molecule has 3 nitrogen and oxygen atoms in total. The molecule has 3 heteroatoms. The highest BCUT2D eigenvalue weighted by atomic mass is 16.5. The number of hydrogen-bond donors (Lipinski definition) is 0. The Labute approximate surface area is 156 Å². The number of benzene rings is 2. The van der Waals surface area contributed by atoms with Gasteiger partial charge in [-0.05, 0) is 47.6 Å². The maximum atomic E-state index is 11.7.